The predicted molar refractivity (Wildman–Crippen MR) is 61.0 cm³/mol. The van der Waals surface area contributed by atoms with Gasteiger partial charge in [0.1, 0.15) is 0 Å². The maximum absolute atomic E-state index is 9.68. The van der Waals surface area contributed by atoms with E-state index in [0.29, 0.717) is 5.25 Å². The van der Waals surface area contributed by atoms with E-state index < -0.39 is 0 Å². The van der Waals surface area contributed by atoms with Gasteiger partial charge in [0, 0.05) is 10.1 Å². The lowest BCUT2D eigenvalue weighted by atomic mass is 10.3. The molecule has 0 saturated heterocycles. The van der Waals surface area contributed by atoms with Crippen LogP contribution in [0.2, 0.25) is 5.02 Å². The Morgan fingerprint density at radius 3 is 2.71 bits per heavy atom. The van der Waals surface area contributed by atoms with Gasteiger partial charge in [0.25, 0.3) is 0 Å². The van der Waals surface area contributed by atoms with Gasteiger partial charge >= 0.3 is 0 Å². The van der Waals surface area contributed by atoms with Gasteiger partial charge in [0.05, 0.1) is 11.1 Å². The molecule has 0 spiro atoms. The summed E-state index contributed by atoms with van der Waals surface area (Å²) >= 11 is 7.75. The highest BCUT2D eigenvalue weighted by Crippen LogP contribution is 2.37. The minimum atomic E-state index is -0.156. The highest BCUT2D eigenvalue weighted by molar-refractivity contribution is 8.00. The first-order chi connectivity index (χ1) is 6.77. The molecule has 2 rings (SSSR count). The van der Waals surface area contributed by atoms with Crippen molar-refractivity contribution in [3.63, 3.8) is 0 Å². The van der Waals surface area contributed by atoms with Crippen molar-refractivity contribution in [2.75, 3.05) is 0 Å². The van der Waals surface area contributed by atoms with Gasteiger partial charge in [-0.05, 0) is 31.4 Å². The van der Waals surface area contributed by atoms with Crippen LogP contribution in [0.5, 0.6) is 0 Å². The maximum Gasteiger partial charge on any atom is 0.0662 e. The average molecular weight is 229 g/mol. The highest BCUT2D eigenvalue weighted by atomic mass is 35.5. The van der Waals surface area contributed by atoms with E-state index >= 15 is 0 Å². The number of aliphatic hydroxyl groups excluding tert-OH is 1. The molecule has 0 unspecified atom stereocenters. The van der Waals surface area contributed by atoms with Gasteiger partial charge in [-0.2, -0.15) is 0 Å². The van der Waals surface area contributed by atoms with Crippen molar-refractivity contribution in [3.8, 4) is 0 Å². The lowest BCUT2D eigenvalue weighted by Crippen LogP contribution is -2.14. The molecule has 0 radical (unpaired) electrons. The van der Waals surface area contributed by atoms with E-state index in [-0.39, 0.29) is 6.10 Å². The predicted octanol–water partition coefficient (Wildman–Crippen LogP) is 3.35. The first kappa shape index (κ1) is 10.3. The molecule has 1 nitrogen and oxygen atoms in total. The second-order valence-corrected chi connectivity index (χ2v) is 5.27. The maximum atomic E-state index is 9.68. The summed E-state index contributed by atoms with van der Waals surface area (Å²) in [4.78, 5) is 1.08. The van der Waals surface area contributed by atoms with Crippen molar-refractivity contribution in [2.24, 2.45) is 0 Å². The first-order valence-corrected chi connectivity index (χ1v) is 6.12. The summed E-state index contributed by atoms with van der Waals surface area (Å²) in [5, 5.41) is 10.8. The van der Waals surface area contributed by atoms with Gasteiger partial charge in [-0.25, -0.2) is 0 Å². The standard InChI is InChI=1S/C11H13ClOS/c12-8-4-1-2-6-10(8)14-11-7-3-5-9(11)13/h1-2,4,6,9,11,13H,3,5,7H2/t9-,11-/m0/s1. The summed E-state index contributed by atoms with van der Waals surface area (Å²) in [7, 11) is 0. The number of thioether (sulfide) groups is 1. The van der Waals surface area contributed by atoms with Crippen LogP contribution in [0.25, 0.3) is 0 Å². The second-order valence-electron chi connectivity index (χ2n) is 3.58. The Labute approximate surface area is 93.5 Å². The van der Waals surface area contributed by atoms with Crippen LogP contribution in [0, 0.1) is 0 Å². The van der Waals surface area contributed by atoms with Gasteiger partial charge in [0.2, 0.25) is 0 Å². The lowest BCUT2D eigenvalue weighted by Gasteiger charge is -2.14. The lowest BCUT2D eigenvalue weighted by molar-refractivity contribution is 0.188. The molecule has 0 aromatic heterocycles. The normalized spacial score (nSPS) is 26.7. The summed E-state index contributed by atoms with van der Waals surface area (Å²) in [5.74, 6) is 0. The summed E-state index contributed by atoms with van der Waals surface area (Å²) in [6.07, 6.45) is 3.00. The van der Waals surface area contributed by atoms with Gasteiger partial charge < -0.3 is 5.11 Å². The van der Waals surface area contributed by atoms with E-state index in [2.05, 4.69) is 0 Å². The summed E-state index contributed by atoms with van der Waals surface area (Å²) in [6, 6.07) is 7.82. The van der Waals surface area contributed by atoms with Gasteiger partial charge in [-0.15, -0.1) is 11.8 Å². The Hall–Kier alpha value is -0.180. The molecule has 1 aromatic carbocycles. The van der Waals surface area contributed by atoms with Gasteiger partial charge in [-0.3, -0.25) is 0 Å². The zero-order valence-corrected chi connectivity index (χ0v) is 9.39. The van der Waals surface area contributed by atoms with E-state index in [1.807, 2.05) is 24.3 Å². The van der Waals surface area contributed by atoms with Crippen molar-refractivity contribution >= 4 is 23.4 Å². The molecular weight excluding hydrogens is 216 g/mol. The molecule has 1 fully saturated rings. The van der Waals surface area contributed by atoms with E-state index in [9.17, 15) is 5.11 Å². The minimum Gasteiger partial charge on any atom is -0.392 e. The molecule has 3 heteroatoms. The molecule has 0 bridgehead atoms. The summed E-state index contributed by atoms with van der Waals surface area (Å²) in [6.45, 7) is 0. The fraction of sp³-hybridized carbons (Fsp3) is 0.455. The molecule has 0 heterocycles. The van der Waals surface area contributed by atoms with Crippen LogP contribution < -0.4 is 0 Å². The van der Waals surface area contributed by atoms with Gasteiger partial charge in [-0.1, -0.05) is 23.7 Å². The fourth-order valence-electron chi connectivity index (χ4n) is 1.75. The molecule has 0 aliphatic heterocycles. The SMILES string of the molecule is O[C@H]1CCC[C@@H]1Sc1ccccc1Cl. The first-order valence-electron chi connectivity index (χ1n) is 4.86. The van der Waals surface area contributed by atoms with Crippen LogP contribution in [-0.2, 0) is 0 Å². The minimum absolute atomic E-state index is 0.156. The van der Waals surface area contributed by atoms with Crippen molar-refractivity contribution in [3.05, 3.63) is 29.3 Å². The molecule has 1 aromatic rings. The van der Waals surface area contributed by atoms with Crippen LogP contribution >= 0.6 is 23.4 Å². The van der Waals surface area contributed by atoms with Crippen LogP contribution in [0.15, 0.2) is 29.2 Å². The number of aliphatic hydroxyl groups is 1. The third-order valence-electron chi connectivity index (χ3n) is 2.53. The van der Waals surface area contributed by atoms with Crippen molar-refractivity contribution in [1.82, 2.24) is 0 Å². The quantitative estimate of drug-likeness (QED) is 0.838. The Kier molecular flexibility index (Phi) is 3.37. The monoisotopic (exact) mass is 228 g/mol. The highest BCUT2D eigenvalue weighted by Gasteiger charge is 2.26. The third kappa shape index (κ3) is 2.25. The van der Waals surface area contributed by atoms with Crippen molar-refractivity contribution in [1.29, 1.82) is 0 Å². The smallest absolute Gasteiger partial charge is 0.0662 e. The van der Waals surface area contributed by atoms with Crippen LogP contribution in [0.1, 0.15) is 19.3 Å². The Morgan fingerprint density at radius 2 is 2.07 bits per heavy atom. The molecule has 2 atom stereocenters. The van der Waals surface area contributed by atoms with E-state index in [4.69, 9.17) is 11.6 Å². The molecule has 14 heavy (non-hydrogen) atoms. The number of benzene rings is 1. The Morgan fingerprint density at radius 1 is 1.29 bits per heavy atom. The second kappa shape index (κ2) is 4.56. The number of hydrogen-bond acceptors (Lipinski definition) is 2. The molecule has 76 valence electrons. The zero-order chi connectivity index (χ0) is 9.97. The fourth-order valence-corrected chi connectivity index (χ4v) is 3.26. The summed E-state index contributed by atoms with van der Waals surface area (Å²) in [5.41, 5.74) is 0. The molecule has 0 amide bonds. The molecular formula is C11H13ClOS. The van der Waals surface area contributed by atoms with E-state index in [1.54, 1.807) is 11.8 Å². The average Bonchev–Trinajstić information content (AvgIpc) is 2.56. The molecule has 1 saturated carbocycles. The summed E-state index contributed by atoms with van der Waals surface area (Å²) < 4.78 is 0. The zero-order valence-electron chi connectivity index (χ0n) is 7.82. The Balaban J connectivity index is 2.07. The number of hydrogen-bond donors (Lipinski definition) is 1. The van der Waals surface area contributed by atoms with Crippen LogP contribution in [-0.4, -0.2) is 16.5 Å². The van der Waals surface area contributed by atoms with Crippen LogP contribution in [0.3, 0.4) is 0 Å². The molecule has 1 aliphatic carbocycles. The van der Waals surface area contributed by atoms with E-state index in [0.717, 1.165) is 29.2 Å². The third-order valence-corrected chi connectivity index (χ3v) is 4.44. The largest absolute Gasteiger partial charge is 0.392 e. The van der Waals surface area contributed by atoms with Crippen molar-refractivity contribution < 1.29 is 5.11 Å². The van der Waals surface area contributed by atoms with E-state index in [1.165, 1.54) is 0 Å². The number of halogens is 1. The topological polar surface area (TPSA) is 20.2 Å². The molecule has 1 N–H and O–H groups in total. The van der Waals surface area contributed by atoms with Gasteiger partial charge in [0.15, 0.2) is 0 Å². The Bertz CT molecular complexity index is 316. The number of rotatable bonds is 2. The van der Waals surface area contributed by atoms with Crippen LogP contribution in [0.4, 0.5) is 0 Å². The molecule has 1 aliphatic rings. The van der Waals surface area contributed by atoms with Crippen molar-refractivity contribution in [2.45, 2.75) is 35.5 Å².